The molecule has 2 N–H and O–H groups in total. The molecule has 19 heavy (non-hydrogen) atoms. The average Bonchev–Trinajstić information content (AvgIpc) is 2.69. The number of aromatic amines is 1. The molecule has 0 saturated carbocycles. The van der Waals surface area contributed by atoms with Gasteiger partial charge < -0.3 is 4.74 Å². The van der Waals surface area contributed by atoms with Crippen molar-refractivity contribution >= 4 is 15.7 Å². The third-order valence-corrected chi connectivity index (χ3v) is 4.29. The van der Waals surface area contributed by atoms with Gasteiger partial charge in [-0.2, -0.15) is 5.10 Å². The molecule has 1 aromatic carbocycles. The Labute approximate surface area is 111 Å². The van der Waals surface area contributed by atoms with Crippen LogP contribution in [0.15, 0.2) is 29.2 Å². The van der Waals surface area contributed by atoms with Gasteiger partial charge in [0.1, 0.15) is 10.6 Å². The Morgan fingerprint density at radius 3 is 2.63 bits per heavy atom. The van der Waals surface area contributed by atoms with Crippen molar-refractivity contribution in [3.8, 4) is 5.75 Å². The highest BCUT2D eigenvalue weighted by Crippen LogP contribution is 2.23. The Hall–Kier alpha value is -2.02. The number of rotatable bonds is 4. The quantitative estimate of drug-likeness (QED) is 0.895. The fraction of sp³-hybridized carbons (Fsp3) is 0.250. The molecule has 0 aliphatic heterocycles. The van der Waals surface area contributed by atoms with Gasteiger partial charge in [0.2, 0.25) is 0 Å². The monoisotopic (exact) mass is 281 g/mol. The minimum absolute atomic E-state index is 0.176. The average molecular weight is 281 g/mol. The van der Waals surface area contributed by atoms with Gasteiger partial charge in [0.15, 0.2) is 0 Å². The first kappa shape index (κ1) is 13.4. The minimum Gasteiger partial charge on any atom is -0.497 e. The molecule has 0 fully saturated rings. The van der Waals surface area contributed by atoms with Crippen molar-refractivity contribution in [3.05, 3.63) is 35.7 Å². The first-order valence-corrected chi connectivity index (χ1v) is 7.11. The van der Waals surface area contributed by atoms with Gasteiger partial charge in [-0.1, -0.05) is 6.07 Å². The Morgan fingerprint density at radius 1 is 1.32 bits per heavy atom. The number of nitrogens with zero attached hydrogens (tertiary/aromatic N) is 1. The molecule has 0 aliphatic rings. The number of ether oxygens (including phenoxy) is 1. The van der Waals surface area contributed by atoms with Crippen molar-refractivity contribution in [3.63, 3.8) is 0 Å². The molecule has 0 amide bonds. The summed E-state index contributed by atoms with van der Waals surface area (Å²) in [5.74, 6) is 0.584. The Bertz CT molecular complexity index is 672. The van der Waals surface area contributed by atoms with E-state index in [1.54, 1.807) is 38.1 Å². The van der Waals surface area contributed by atoms with Crippen LogP contribution in [0.1, 0.15) is 11.4 Å². The highest BCUT2D eigenvalue weighted by molar-refractivity contribution is 7.92. The van der Waals surface area contributed by atoms with Gasteiger partial charge in [-0.05, 0) is 26.0 Å². The summed E-state index contributed by atoms with van der Waals surface area (Å²) in [6.45, 7) is 3.31. The number of aromatic nitrogens is 2. The molecule has 102 valence electrons. The van der Waals surface area contributed by atoms with E-state index < -0.39 is 10.0 Å². The molecule has 6 nitrogen and oxygen atoms in total. The second-order valence-electron chi connectivity index (χ2n) is 4.10. The second kappa shape index (κ2) is 4.93. The normalized spacial score (nSPS) is 11.3. The summed E-state index contributed by atoms with van der Waals surface area (Å²) in [7, 11) is -2.13. The number of anilines is 1. The highest BCUT2D eigenvalue weighted by Gasteiger charge is 2.22. The fourth-order valence-corrected chi connectivity index (χ4v) is 3.25. The summed E-state index contributed by atoms with van der Waals surface area (Å²) in [6, 6.07) is 6.73. The van der Waals surface area contributed by atoms with Crippen LogP contribution < -0.4 is 9.46 Å². The van der Waals surface area contributed by atoms with Gasteiger partial charge in [-0.3, -0.25) is 9.82 Å². The number of benzene rings is 1. The summed E-state index contributed by atoms with van der Waals surface area (Å²) in [5, 5.41) is 6.55. The van der Waals surface area contributed by atoms with Crippen molar-refractivity contribution in [1.29, 1.82) is 0 Å². The SMILES string of the molecule is COc1cccc(NS(=O)(=O)c2c(C)n[nH]c2C)c1. The van der Waals surface area contributed by atoms with Crippen LogP contribution in [0.5, 0.6) is 5.75 Å². The summed E-state index contributed by atoms with van der Waals surface area (Å²) < 4.78 is 32.1. The largest absolute Gasteiger partial charge is 0.497 e. The molecule has 0 unspecified atom stereocenters. The van der Waals surface area contributed by atoms with Gasteiger partial charge in [0.05, 0.1) is 24.2 Å². The van der Waals surface area contributed by atoms with Crippen LogP contribution in [-0.4, -0.2) is 25.7 Å². The van der Waals surface area contributed by atoms with Crippen LogP contribution in [0.3, 0.4) is 0 Å². The molecule has 0 saturated heterocycles. The molecule has 1 heterocycles. The van der Waals surface area contributed by atoms with E-state index in [2.05, 4.69) is 14.9 Å². The predicted octanol–water partition coefficient (Wildman–Crippen LogP) is 1.84. The third kappa shape index (κ3) is 2.70. The van der Waals surface area contributed by atoms with Crippen LogP contribution in [0.25, 0.3) is 0 Å². The summed E-state index contributed by atoms with van der Waals surface area (Å²) in [6.07, 6.45) is 0. The molecule has 2 rings (SSSR count). The van der Waals surface area contributed by atoms with E-state index in [-0.39, 0.29) is 4.90 Å². The van der Waals surface area contributed by atoms with Crippen molar-refractivity contribution < 1.29 is 13.2 Å². The molecular formula is C12H15N3O3S. The summed E-state index contributed by atoms with van der Waals surface area (Å²) in [5.41, 5.74) is 1.39. The van der Waals surface area contributed by atoms with Gasteiger partial charge in [-0.15, -0.1) is 0 Å². The topological polar surface area (TPSA) is 84.1 Å². The van der Waals surface area contributed by atoms with Crippen molar-refractivity contribution in [2.24, 2.45) is 0 Å². The number of hydrogen-bond donors (Lipinski definition) is 2. The molecule has 7 heteroatoms. The lowest BCUT2D eigenvalue weighted by molar-refractivity contribution is 0.415. The van der Waals surface area contributed by atoms with Crippen LogP contribution in [0.4, 0.5) is 5.69 Å². The smallest absolute Gasteiger partial charge is 0.265 e. The van der Waals surface area contributed by atoms with E-state index in [1.807, 2.05) is 0 Å². The van der Waals surface area contributed by atoms with Crippen LogP contribution in [-0.2, 0) is 10.0 Å². The van der Waals surface area contributed by atoms with Gasteiger partial charge in [0, 0.05) is 6.07 Å². The van der Waals surface area contributed by atoms with E-state index in [1.165, 1.54) is 7.11 Å². The summed E-state index contributed by atoms with van der Waals surface area (Å²) in [4.78, 5) is 0.176. The summed E-state index contributed by atoms with van der Waals surface area (Å²) >= 11 is 0. The third-order valence-electron chi connectivity index (χ3n) is 2.65. The maximum absolute atomic E-state index is 12.3. The molecule has 0 aliphatic carbocycles. The van der Waals surface area contributed by atoms with Crippen molar-refractivity contribution in [2.75, 3.05) is 11.8 Å². The Morgan fingerprint density at radius 2 is 2.05 bits per heavy atom. The molecule has 1 aromatic heterocycles. The zero-order valence-corrected chi connectivity index (χ0v) is 11.7. The van der Waals surface area contributed by atoms with Gasteiger partial charge in [-0.25, -0.2) is 8.42 Å². The fourth-order valence-electron chi connectivity index (χ4n) is 1.83. The molecule has 0 bridgehead atoms. The molecular weight excluding hydrogens is 266 g/mol. The lowest BCUT2D eigenvalue weighted by Crippen LogP contribution is -2.14. The number of aryl methyl sites for hydroxylation is 2. The van der Waals surface area contributed by atoms with E-state index in [0.29, 0.717) is 22.8 Å². The molecule has 0 atom stereocenters. The standard InChI is InChI=1S/C12H15N3O3S/c1-8-12(9(2)14-13-8)19(16,17)15-10-5-4-6-11(7-10)18-3/h4-7,15H,1-3H3,(H,13,14). The van der Waals surface area contributed by atoms with Crippen LogP contribution in [0.2, 0.25) is 0 Å². The maximum atomic E-state index is 12.3. The van der Waals surface area contributed by atoms with Gasteiger partial charge >= 0.3 is 0 Å². The van der Waals surface area contributed by atoms with E-state index in [9.17, 15) is 8.42 Å². The van der Waals surface area contributed by atoms with Crippen LogP contribution in [0, 0.1) is 13.8 Å². The molecule has 0 spiro atoms. The lowest BCUT2D eigenvalue weighted by atomic mass is 10.3. The number of sulfonamides is 1. The van der Waals surface area contributed by atoms with E-state index >= 15 is 0 Å². The predicted molar refractivity (Wildman–Crippen MR) is 71.9 cm³/mol. The number of methoxy groups -OCH3 is 1. The zero-order valence-electron chi connectivity index (χ0n) is 10.9. The number of nitrogens with one attached hydrogen (secondary N) is 2. The van der Waals surface area contributed by atoms with E-state index in [0.717, 1.165) is 0 Å². The Balaban J connectivity index is 2.36. The second-order valence-corrected chi connectivity index (χ2v) is 5.72. The first-order chi connectivity index (χ1) is 8.94. The van der Waals surface area contributed by atoms with E-state index in [4.69, 9.17) is 4.74 Å². The maximum Gasteiger partial charge on any atom is 0.265 e. The molecule has 2 aromatic rings. The Kier molecular flexibility index (Phi) is 3.48. The van der Waals surface area contributed by atoms with Gasteiger partial charge in [0.25, 0.3) is 10.0 Å². The first-order valence-electron chi connectivity index (χ1n) is 5.62. The minimum atomic E-state index is -3.66. The van der Waals surface area contributed by atoms with Crippen LogP contribution >= 0.6 is 0 Å². The number of hydrogen-bond acceptors (Lipinski definition) is 4. The number of H-pyrrole nitrogens is 1. The van der Waals surface area contributed by atoms with Crippen molar-refractivity contribution in [1.82, 2.24) is 10.2 Å². The molecule has 0 radical (unpaired) electrons. The lowest BCUT2D eigenvalue weighted by Gasteiger charge is -2.09. The zero-order chi connectivity index (χ0) is 14.0. The van der Waals surface area contributed by atoms with Crippen molar-refractivity contribution in [2.45, 2.75) is 18.7 Å². The highest BCUT2D eigenvalue weighted by atomic mass is 32.2.